The summed E-state index contributed by atoms with van der Waals surface area (Å²) in [4.78, 5) is 0. The highest BCUT2D eigenvalue weighted by Crippen LogP contribution is 2.25. The first-order valence-electron chi connectivity index (χ1n) is 5.29. The van der Waals surface area contributed by atoms with Crippen LogP contribution in [0.3, 0.4) is 0 Å². The van der Waals surface area contributed by atoms with Crippen LogP contribution in [0.25, 0.3) is 0 Å². The minimum absolute atomic E-state index is 0.647. The van der Waals surface area contributed by atoms with E-state index in [0.29, 0.717) is 6.67 Å². The van der Waals surface area contributed by atoms with E-state index < -0.39 is 0 Å². The van der Waals surface area contributed by atoms with Crippen LogP contribution in [0.4, 0.5) is 0 Å². The fraction of sp³-hybridized carbons (Fsp3) is 0.455. The molecule has 1 aromatic rings. The Hall–Kier alpha value is -1.10. The number of benzene rings is 1. The zero-order valence-corrected chi connectivity index (χ0v) is 8.75. The second-order valence-corrected chi connectivity index (χ2v) is 3.67. The molecule has 0 aromatic heterocycles. The topological polar surface area (TPSA) is 59.3 Å². The van der Waals surface area contributed by atoms with Crippen LogP contribution < -0.4 is 21.3 Å². The molecule has 4 nitrogen and oxygen atoms in total. The van der Waals surface area contributed by atoms with Crippen molar-refractivity contribution in [2.24, 2.45) is 5.84 Å². The molecule has 0 spiro atoms. The normalized spacial score (nSPS) is 13.7. The van der Waals surface area contributed by atoms with Crippen molar-refractivity contribution >= 4 is 0 Å². The Labute approximate surface area is 89.8 Å². The summed E-state index contributed by atoms with van der Waals surface area (Å²) in [6.45, 7) is 2.41. The summed E-state index contributed by atoms with van der Waals surface area (Å²) in [7, 11) is 0. The van der Waals surface area contributed by atoms with Gasteiger partial charge in [-0.05, 0) is 23.6 Å². The fourth-order valence-electron chi connectivity index (χ4n) is 1.79. The van der Waals surface area contributed by atoms with Crippen molar-refractivity contribution in [1.29, 1.82) is 0 Å². The molecule has 1 aromatic carbocycles. The van der Waals surface area contributed by atoms with Crippen LogP contribution >= 0.6 is 0 Å². The molecule has 0 atom stereocenters. The summed E-state index contributed by atoms with van der Waals surface area (Å²) in [5, 5.41) is 3.18. The first-order valence-corrected chi connectivity index (χ1v) is 5.29. The summed E-state index contributed by atoms with van der Waals surface area (Å²) in [6, 6.07) is 6.43. The molecule has 0 bridgehead atoms. The predicted molar refractivity (Wildman–Crippen MR) is 59.5 cm³/mol. The van der Waals surface area contributed by atoms with Gasteiger partial charge in [0, 0.05) is 13.0 Å². The Morgan fingerprint density at radius 1 is 1.40 bits per heavy atom. The average Bonchev–Trinajstić information content (AvgIpc) is 2.71. The Bertz CT molecular complexity index is 328. The predicted octanol–water partition coefficient (Wildman–Crippen LogP) is 0.174. The van der Waals surface area contributed by atoms with E-state index in [1.165, 1.54) is 11.1 Å². The number of ether oxygens (including phenoxy) is 1. The second kappa shape index (κ2) is 5.11. The molecule has 4 N–H and O–H groups in total. The van der Waals surface area contributed by atoms with Gasteiger partial charge in [-0.3, -0.25) is 5.84 Å². The molecule has 0 radical (unpaired) electrons. The Balaban J connectivity index is 1.87. The lowest BCUT2D eigenvalue weighted by Crippen LogP contribution is -2.34. The monoisotopic (exact) mass is 207 g/mol. The SMILES string of the molecule is NNCNCCc1ccc2c(c1)CCO2. The van der Waals surface area contributed by atoms with Gasteiger partial charge in [0.1, 0.15) is 5.75 Å². The van der Waals surface area contributed by atoms with Gasteiger partial charge in [-0.2, -0.15) is 0 Å². The molecule has 0 aliphatic carbocycles. The van der Waals surface area contributed by atoms with Crippen LogP contribution in [-0.2, 0) is 12.8 Å². The average molecular weight is 207 g/mol. The quantitative estimate of drug-likeness (QED) is 0.279. The van der Waals surface area contributed by atoms with Crippen LogP contribution in [0.2, 0.25) is 0 Å². The molecule has 2 rings (SSSR count). The molecular weight excluding hydrogens is 190 g/mol. The maximum Gasteiger partial charge on any atom is 0.122 e. The van der Waals surface area contributed by atoms with Crippen molar-refractivity contribution in [1.82, 2.24) is 10.7 Å². The highest BCUT2D eigenvalue weighted by Gasteiger charge is 2.11. The van der Waals surface area contributed by atoms with E-state index in [1.807, 2.05) is 0 Å². The van der Waals surface area contributed by atoms with Crippen LogP contribution in [0.1, 0.15) is 11.1 Å². The van der Waals surface area contributed by atoms with Crippen molar-refractivity contribution in [3.8, 4) is 5.75 Å². The third-order valence-electron chi connectivity index (χ3n) is 2.57. The Morgan fingerprint density at radius 2 is 2.33 bits per heavy atom. The molecule has 0 amide bonds. The van der Waals surface area contributed by atoms with E-state index >= 15 is 0 Å². The van der Waals surface area contributed by atoms with Gasteiger partial charge < -0.3 is 10.1 Å². The maximum atomic E-state index is 5.45. The lowest BCUT2D eigenvalue weighted by molar-refractivity contribution is 0.357. The van der Waals surface area contributed by atoms with E-state index in [-0.39, 0.29) is 0 Å². The van der Waals surface area contributed by atoms with Gasteiger partial charge in [-0.15, -0.1) is 0 Å². The molecule has 1 aliphatic heterocycles. The molecule has 1 heterocycles. The summed E-state index contributed by atoms with van der Waals surface area (Å²) in [5.41, 5.74) is 5.25. The molecule has 0 fully saturated rings. The number of nitrogens with one attached hydrogen (secondary N) is 2. The molecule has 0 saturated carbocycles. The molecule has 0 unspecified atom stereocenters. The van der Waals surface area contributed by atoms with Crippen molar-refractivity contribution in [2.75, 3.05) is 19.8 Å². The van der Waals surface area contributed by atoms with Crippen molar-refractivity contribution in [2.45, 2.75) is 12.8 Å². The van der Waals surface area contributed by atoms with Crippen LogP contribution in [0.15, 0.2) is 18.2 Å². The van der Waals surface area contributed by atoms with E-state index in [2.05, 4.69) is 28.9 Å². The highest BCUT2D eigenvalue weighted by atomic mass is 16.5. The number of fused-ring (bicyclic) bond motifs is 1. The number of hydrogen-bond donors (Lipinski definition) is 3. The van der Waals surface area contributed by atoms with E-state index in [0.717, 1.165) is 31.7 Å². The van der Waals surface area contributed by atoms with Crippen molar-refractivity contribution in [3.05, 3.63) is 29.3 Å². The zero-order chi connectivity index (χ0) is 10.5. The van der Waals surface area contributed by atoms with Crippen LogP contribution in [0, 0.1) is 0 Å². The van der Waals surface area contributed by atoms with E-state index in [4.69, 9.17) is 10.6 Å². The molecule has 1 aliphatic rings. The van der Waals surface area contributed by atoms with E-state index in [9.17, 15) is 0 Å². The summed E-state index contributed by atoms with van der Waals surface area (Å²) in [6.07, 6.45) is 2.07. The van der Waals surface area contributed by atoms with Crippen molar-refractivity contribution < 1.29 is 4.74 Å². The first kappa shape index (κ1) is 10.4. The standard InChI is InChI=1S/C11H17N3O/c12-14-8-13-5-3-9-1-2-11-10(7-9)4-6-15-11/h1-2,7,13-14H,3-6,8,12H2. The summed E-state index contributed by atoms with van der Waals surface area (Å²) < 4.78 is 5.45. The number of hydrogen-bond acceptors (Lipinski definition) is 4. The third-order valence-corrected chi connectivity index (χ3v) is 2.57. The lowest BCUT2D eigenvalue weighted by atomic mass is 10.1. The molecule has 4 heteroatoms. The van der Waals surface area contributed by atoms with Crippen LogP contribution in [0.5, 0.6) is 5.75 Å². The first-order chi connectivity index (χ1) is 7.40. The molecule has 15 heavy (non-hydrogen) atoms. The third kappa shape index (κ3) is 2.68. The summed E-state index contributed by atoms with van der Waals surface area (Å²) >= 11 is 0. The maximum absolute atomic E-state index is 5.45. The van der Waals surface area contributed by atoms with Crippen LogP contribution in [-0.4, -0.2) is 19.8 Å². The van der Waals surface area contributed by atoms with Gasteiger partial charge >= 0.3 is 0 Å². The van der Waals surface area contributed by atoms with Crippen molar-refractivity contribution in [3.63, 3.8) is 0 Å². The zero-order valence-electron chi connectivity index (χ0n) is 8.75. The van der Waals surface area contributed by atoms with Gasteiger partial charge in [0.15, 0.2) is 0 Å². The smallest absolute Gasteiger partial charge is 0.122 e. The van der Waals surface area contributed by atoms with Gasteiger partial charge in [0.2, 0.25) is 0 Å². The number of hydrazine groups is 1. The Morgan fingerprint density at radius 3 is 3.20 bits per heavy atom. The molecular formula is C11H17N3O. The number of nitrogens with two attached hydrogens (primary N) is 1. The van der Waals surface area contributed by atoms with Gasteiger partial charge in [0.25, 0.3) is 0 Å². The van der Waals surface area contributed by atoms with Gasteiger partial charge in [-0.25, -0.2) is 5.43 Å². The summed E-state index contributed by atoms with van der Waals surface area (Å²) in [5.74, 6) is 6.20. The highest BCUT2D eigenvalue weighted by molar-refractivity contribution is 5.39. The second-order valence-electron chi connectivity index (χ2n) is 3.67. The van der Waals surface area contributed by atoms with Gasteiger partial charge in [-0.1, -0.05) is 12.1 Å². The molecule has 82 valence electrons. The largest absolute Gasteiger partial charge is 0.493 e. The fourth-order valence-corrected chi connectivity index (χ4v) is 1.79. The molecule has 0 saturated heterocycles. The lowest BCUT2D eigenvalue weighted by Gasteiger charge is -2.05. The number of rotatable bonds is 5. The Kier molecular flexibility index (Phi) is 3.55. The van der Waals surface area contributed by atoms with E-state index in [1.54, 1.807) is 0 Å². The van der Waals surface area contributed by atoms with Gasteiger partial charge in [0.05, 0.1) is 13.3 Å². The minimum atomic E-state index is 0.647. The minimum Gasteiger partial charge on any atom is -0.493 e.